The van der Waals surface area contributed by atoms with Crippen LogP contribution in [0.1, 0.15) is 42.1 Å². The average Bonchev–Trinajstić information content (AvgIpc) is 3.19. The Bertz CT molecular complexity index is 861. The SMILES string of the molecule is Cc1csc(-n2nc(C(C)(C)c3ccccc3)c3c2CCNC3)n1. The van der Waals surface area contributed by atoms with Crippen LogP contribution in [-0.4, -0.2) is 21.3 Å². The summed E-state index contributed by atoms with van der Waals surface area (Å²) < 4.78 is 2.08. The van der Waals surface area contributed by atoms with E-state index in [9.17, 15) is 0 Å². The largest absolute Gasteiger partial charge is 0.312 e. The summed E-state index contributed by atoms with van der Waals surface area (Å²) in [4.78, 5) is 4.66. The lowest BCUT2D eigenvalue weighted by Crippen LogP contribution is -2.27. The second kappa shape index (κ2) is 5.83. The summed E-state index contributed by atoms with van der Waals surface area (Å²) in [6.07, 6.45) is 0.992. The van der Waals surface area contributed by atoms with Crippen LogP contribution >= 0.6 is 11.3 Å². The summed E-state index contributed by atoms with van der Waals surface area (Å²) in [6, 6.07) is 10.6. The van der Waals surface area contributed by atoms with Crippen LogP contribution in [0.2, 0.25) is 0 Å². The average molecular weight is 338 g/mol. The van der Waals surface area contributed by atoms with Crippen LogP contribution in [0.4, 0.5) is 0 Å². The number of aromatic nitrogens is 3. The fourth-order valence-corrected chi connectivity index (χ4v) is 4.21. The molecule has 1 aliphatic rings. The number of nitrogens with zero attached hydrogens (tertiary/aromatic N) is 3. The lowest BCUT2D eigenvalue weighted by Gasteiger charge is -2.26. The van der Waals surface area contributed by atoms with E-state index >= 15 is 0 Å². The highest BCUT2D eigenvalue weighted by atomic mass is 32.1. The first kappa shape index (κ1) is 15.5. The van der Waals surface area contributed by atoms with E-state index in [0.29, 0.717) is 0 Å². The minimum Gasteiger partial charge on any atom is -0.312 e. The van der Waals surface area contributed by atoms with E-state index in [1.165, 1.54) is 16.8 Å². The van der Waals surface area contributed by atoms with Gasteiger partial charge < -0.3 is 5.32 Å². The van der Waals surface area contributed by atoms with Crippen molar-refractivity contribution < 1.29 is 0 Å². The maximum absolute atomic E-state index is 5.05. The van der Waals surface area contributed by atoms with Crippen LogP contribution < -0.4 is 5.32 Å². The fraction of sp³-hybridized carbons (Fsp3) is 0.368. The van der Waals surface area contributed by atoms with Crippen LogP contribution in [0.3, 0.4) is 0 Å². The van der Waals surface area contributed by atoms with Gasteiger partial charge in [-0.3, -0.25) is 0 Å². The van der Waals surface area contributed by atoms with E-state index in [1.54, 1.807) is 11.3 Å². The number of aryl methyl sites for hydroxylation is 1. The highest BCUT2D eigenvalue weighted by Gasteiger charge is 2.33. The molecule has 1 aromatic carbocycles. The Morgan fingerprint density at radius 2 is 2.00 bits per heavy atom. The molecule has 1 N–H and O–H groups in total. The van der Waals surface area contributed by atoms with Gasteiger partial charge >= 0.3 is 0 Å². The number of nitrogens with one attached hydrogen (secondary N) is 1. The van der Waals surface area contributed by atoms with E-state index in [4.69, 9.17) is 5.10 Å². The summed E-state index contributed by atoms with van der Waals surface area (Å²) in [7, 11) is 0. The first-order chi connectivity index (χ1) is 11.6. The highest BCUT2D eigenvalue weighted by Crippen LogP contribution is 2.36. The minimum atomic E-state index is -0.137. The molecule has 0 saturated heterocycles. The van der Waals surface area contributed by atoms with Crippen LogP contribution in [-0.2, 0) is 18.4 Å². The molecule has 0 radical (unpaired) electrons. The summed E-state index contributed by atoms with van der Waals surface area (Å²) in [5, 5.41) is 11.6. The number of hydrogen-bond donors (Lipinski definition) is 1. The molecule has 0 aliphatic carbocycles. The van der Waals surface area contributed by atoms with Gasteiger partial charge in [-0.1, -0.05) is 44.2 Å². The first-order valence-corrected chi connectivity index (χ1v) is 9.25. The van der Waals surface area contributed by atoms with E-state index in [2.05, 4.69) is 64.5 Å². The van der Waals surface area contributed by atoms with Gasteiger partial charge in [0.05, 0.1) is 17.1 Å². The van der Waals surface area contributed by atoms with Gasteiger partial charge in [-0.2, -0.15) is 5.10 Å². The van der Waals surface area contributed by atoms with Crippen molar-refractivity contribution in [3.8, 4) is 5.13 Å². The monoisotopic (exact) mass is 338 g/mol. The number of hydrogen-bond acceptors (Lipinski definition) is 4. The zero-order chi connectivity index (χ0) is 16.7. The topological polar surface area (TPSA) is 42.7 Å². The lowest BCUT2D eigenvalue weighted by atomic mass is 9.79. The molecule has 0 fully saturated rings. The molecule has 0 atom stereocenters. The Kier molecular flexibility index (Phi) is 3.77. The molecule has 0 saturated carbocycles. The Balaban J connectivity index is 1.89. The van der Waals surface area contributed by atoms with Crippen molar-refractivity contribution in [3.63, 3.8) is 0 Å². The zero-order valence-electron chi connectivity index (χ0n) is 14.3. The molecule has 4 nitrogen and oxygen atoms in total. The van der Waals surface area contributed by atoms with Gasteiger partial charge in [-0.25, -0.2) is 9.67 Å². The van der Waals surface area contributed by atoms with E-state index in [1.807, 2.05) is 6.92 Å². The van der Waals surface area contributed by atoms with Gasteiger partial charge in [0.2, 0.25) is 5.13 Å². The third kappa shape index (κ3) is 2.48. The second-order valence-electron chi connectivity index (χ2n) is 6.87. The molecule has 0 unspecified atom stereocenters. The molecule has 4 rings (SSSR count). The highest BCUT2D eigenvalue weighted by molar-refractivity contribution is 7.12. The van der Waals surface area contributed by atoms with Gasteiger partial charge in [0.15, 0.2) is 0 Å². The van der Waals surface area contributed by atoms with E-state index in [-0.39, 0.29) is 5.41 Å². The second-order valence-corrected chi connectivity index (χ2v) is 7.71. The predicted octanol–water partition coefficient (Wildman–Crippen LogP) is 3.61. The Morgan fingerprint density at radius 3 is 2.71 bits per heavy atom. The van der Waals surface area contributed by atoms with Gasteiger partial charge in [0.25, 0.3) is 0 Å². The van der Waals surface area contributed by atoms with Gasteiger partial charge in [0, 0.05) is 35.9 Å². The minimum absolute atomic E-state index is 0.137. The lowest BCUT2D eigenvalue weighted by molar-refractivity contribution is 0.586. The van der Waals surface area contributed by atoms with Crippen molar-refractivity contribution in [1.82, 2.24) is 20.1 Å². The molecular formula is C19H22N4S. The smallest absolute Gasteiger partial charge is 0.210 e. The Hall–Kier alpha value is -1.98. The number of benzene rings is 1. The molecule has 0 spiro atoms. The molecule has 3 aromatic rings. The summed E-state index contributed by atoms with van der Waals surface area (Å²) >= 11 is 1.66. The third-order valence-corrected chi connectivity index (χ3v) is 5.74. The van der Waals surface area contributed by atoms with Crippen molar-refractivity contribution in [2.45, 2.75) is 39.2 Å². The molecule has 0 bridgehead atoms. The molecular weight excluding hydrogens is 316 g/mol. The van der Waals surface area contributed by atoms with Crippen molar-refractivity contribution in [3.05, 3.63) is 63.9 Å². The van der Waals surface area contributed by atoms with Gasteiger partial charge in [-0.15, -0.1) is 11.3 Å². The zero-order valence-corrected chi connectivity index (χ0v) is 15.2. The maximum atomic E-state index is 5.05. The summed E-state index contributed by atoms with van der Waals surface area (Å²) in [5.41, 5.74) is 6.01. The van der Waals surface area contributed by atoms with Crippen molar-refractivity contribution in [1.29, 1.82) is 0 Å². The number of thiazole rings is 1. The summed E-state index contributed by atoms with van der Waals surface area (Å²) in [6.45, 7) is 8.43. The van der Waals surface area contributed by atoms with Crippen LogP contribution in [0.15, 0.2) is 35.7 Å². The van der Waals surface area contributed by atoms with E-state index in [0.717, 1.165) is 36.0 Å². The van der Waals surface area contributed by atoms with Crippen molar-refractivity contribution in [2.75, 3.05) is 6.54 Å². The first-order valence-electron chi connectivity index (χ1n) is 8.37. The number of fused-ring (bicyclic) bond motifs is 1. The van der Waals surface area contributed by atoms with Crippen LogP contribution in [0, 0.1) is 6.92 Å². The molecule has 2 aromatic heterocycles. The van der Waals surface area contributed by atoms with Crippen molar-refractivity contribution >= 4 is 11.3 Å². The van der Waals surface area contributed by atoms with Crippen LogP contribution in [0.5, 0.6) is 0 Å². The van der Waals surface area contributed by atoms with Crippen molar-refractivity contribution in [2.24, 2.45) is 0 Å². The predicted molar refractivity (Wildman–Crippen MR) is 98.0 cm³/mol. The molecule has 3 heterocycles. The van der Waals surface area contributed by atoms with Gasteiger partial charge in [0.1, 0.15) is 0 Å². The quantitative estimate of drug-likeness (QED) is 0.793. The van der Waals surface area contributed by atoms with E-state index < -0.39 is 0 Å². The number of rotatable bonds is 3. The molecule has 1 aliphatic heterocycles. The molecule has 5 heteroatoms. The Labute approximate surface area is 146 Å². The van der Waals surface area contributed by atoms with Gasteiger partial charge in [-0.05, 0) is 12.5 Å². The molecule has 24 heavy (non-hydrogen) atoms. The summed E-state index contributed by atoms with van der Waals surface area (Å²) in [5.74, 6) is 0. The standard InChI is InChI=1S/C19H22N4S/c1-13-12-24-18(21-13)23-16-9-10-20-11-15(16)17(22-23)19(2,3)14-7-5-4-6-8-14/h4-8,12,20H,9-11H2,1-3H3. The fourth-order valence-electron chi connectivity index (χ4n) is 3.44. The van der Waals surface area contributed by atoms with Crippen LogP contribution in [0.25, 0.3) is 5.13 Å². The Morgan fingerprint density at radius 1 is 1.21 bits per heavy atom. The third-order valence-electron chi connectivity index (χ3n) is 4.81. The molecule has 0 amide bonds. The normalized spacial score (nSPS) is 14.6. The maximum Gasteiger partial charge on any atom is 0.210 e. The molecule has 124 valence electrons.